The zero-order chi connectivity index (χ0) is 35.3. The number of hydrogen-bond acceptors (Lipinski definition) is 9. The minimum Gasteiger partial charge on any atom is -0.307 e. The Kier molecular flexibility index (Phi) is 12.9. The molecule has 0 aliphatic rings. The van der Waals surface area contributed by atoms with E-state index in [1.165, 1.54) is 50.5 Å². The zero-order valence-corrected chi connectivity index (χ0v) is 29.7. The second-order valence-electron chi connectivity index (χ2n) is 10.2. The number of sulfonamides is 4. The van der Waals surface area contributed by atoms with Gasteiger partial charge in [0.25, 0.3) is 10.0 Å². The highest BCUT2D eigenvalue weighted by Crippen LogP contribution is 2.35. The van der Waals surface area contributed by atoms with E-state index < -0.39 is 46.1 Å². The van der Waals surface area contributed by atoms with Crippen molar-refractivity contribution in [2.24, 2.45) is 5.14 Å². The lowest BCUT2D eigenvalue weighted by Gasteiger charge is -2.21. The molecule has 14 nitrogen and oxygen atoms in total. The van der Waals surface area contributed by atoms with Gasteiger partial charge in [0.05, 0.1) is 19.6 Å². The molecule has 0 aromatic heterocycles. The van der Waals surface area contributed by atoms with E-state index in [0.717, 1.165) is 23.3 Å². The fourth-order valence-corrected chi connectivity index (χ4v) is 7.34. The molecule has 0 radical (unpaired) electrons. The summed E-state index contributed by atoms with van der Waals surface area (Å²) in [5, 5.41) is 8.02. The van der Waals surface area contributed by atoms with E-state index in [1.807, 2.05) is 32.4 Å². The molecule has 0 fully saturated rings. The van der Waals surface area contributed by atoms with Gasteiger partial charge in [-0.05, 0) is 85.6 Å². The predicted molar refractivity (Wildman–Crippen MR) is 176 cm³/mol. The fraction of sp³-hybridized carbons (Fsp3) is 0.296. The summed E-state index contributed by atoms with van der Waals surface area (Å²) in [5.74, 6) is 0.0399. The Bertz CT molecular complexity index is 2010. The number of halogens is 1. The van der Waals surface area contributed by atoms with Crippen molar-refractivity contribution in [2.75, 3.05) is 19.4 Å². The Morgan fingerprint density at radius 1 is 0.652 bits per heavy atom. The van der Waals surface area contributed by atoms with Crippen LogP contribution in [0.1, 0.15) is 50.7 Å². The molecule has 3 aromatic carbocycles. The number of urea groups is 1. The number of hydrogen-bond donors (Lipinski definition) is 5. The van der Waals surface area contributed by atoms with Crippen LogP contribution < -0.4 is 24.6 Å². The molecule has 0 spiro atoms. The second kappa shape index (κ2) is 15.2. The van der Waals surface area contributed by atoms with Crippen LogP contribution in [-0.4, -0.2) is 53.8 Å². The van der Waals surface area contributed by atoms with Crippen LogP contribution >= 0.6 is 11.6 Å². The number of benzene rings is 3. The SMILES string of the molecule is CNS(=O)(=O)c1cccc(S(=O)(=O)NC(=O)Nc2c(C(C)C)cc(Cl)cc2C(C)C)c1.CNS(=O)(=O)c1cccc(S(N)(=O)=O)c1. The van der Waals surface area contributed by atoms with Crippen molar-refractivity contribution in [2.45, 2.75) is 59.1 Å². The molecule has 0 unspecified atom stereocenters. The first-order chi connectivity index (χ1) is 21.1. The number of nitrogens with two attached hydrogens (primary N) is 1. The summed E-state index contributed by atoms with van der Waals surface area (Å²) in [6.45, 7) is 7.74. The van der Waals surface area contributed by atoms with Gasteiger partial charge in [-0.2, -0.15) is 0 Å². The van der Waals surface area contributed by atoms with Gasteiger partial charge in [0.15, 0.2) is 0 Å². The molecule has 6 N–H and O–H groups in total. The molecular formula is C27H36ClN5O9S4. The Balaban J connectivity index is 0.000000410. The number of carbonyl (C=O) groups excluding carboxylic acids is 1. The first-order valence-corrected chi connectivity index (χ1v) is 19.7. The van der Waals surface area contributed by atoms with Crippen molar-refractivity contribution in [1.82, 2.24) is 14.2 Å². The van der Waals surface area contributed by atoms with Crippen LogP contribution in [0.15, 0.2) is 80.2 Å². The number of anilines is 1. The van der Waals surface area contributed by atoms with Crippen molar-refractivity contribution in [3.05, 3.63) is 76.8 Å². The highest BCUT2D eigenvalue weighted by atomic mass is 35.5. The average molecular weight is 738 g/mol. The lowest BCUT2D eigenvalue weighted by molar-refractivity contribution is 0.256. The summed E-state index contributed by atoms with van der Waals surface area (Å²) < 4.78 is 100. The molecular weight excluding hydrogens is 702 g/mol. The predicted octanol–water partition coefficient (Wildman–Crippen LogP) is 3.25. The quantitative estimate of drug-likeness (QED) is 0.205. The number of carbonyl (C=O) groups is 1. The summed E-state index contributed by atoms with van der Waals surface area (Å²) in [4.78, 5) is 11.6. The van der Waals surface area contributed by atoms with Gasteiger partial charge in [-0.15, -0.1) is 0 Å². The topological polar surface area (TPSA) is 228 Å². The van der Waals surface area contributed by atoms with Gasteiger partial charge in [0.1, 0.15) is 0 Å². The van der Waals surface area contributed by atoms with Crippen LogP contribution in [-0.2, 0) is 40.1 Å². The largest absolute Gasteiger partial charge is 0.333 e. The van der Waals surface area contributed by atoms with Crippen molar-refractivity contribution in [1.29, 1.82) is 0 Å². The summed E-state index contributed by atoms with van der Waals surface area (Å²) in [6, 6.07) is 12.0. The van der Waals surface area contributed by atoms with Crippen LogP contribution in [0.2, 0.25) is 5.02 Å². The Hall–Kier alpha value is -3.10. The zero-order valence-electron chi connectivity index (χ0n) is 25.7. The van der Waals surface area contributed by atoms with Crippen LogP contribution in [0.3, 0.4) is 0 Å². The normalized spacial score (nSPS) is 12.4. The Morgan fingerprint density at radius 2 is 1.02 bits per heavy atom. The van der Waals surface area contributed by atoms with Gasteiger partial charge in [-0.25, -0.2) is 57.8 Å². The molecule has 19 heteroatoms. The molecule has 3 aromatic rings. The smallest absolute Gasteiger partial charge is 0.307 e. The summed E-state index contributed by atoms with van der Waals surface area (Å²) >= 11 is 6.22. The summed E-state index contributed by atoms with van der Waals surface area (Å²) in [5.41, 5.74) is 2.03. The fourth-order valence-electron chi connectivity index (χ4n) is 3.89. The maximum absolute atomic E-state index is 12.7. The molecule has 46 heavy (non-hydrogen) atoms. The van der Waals surface area contributed by atoms with Gasteiger partial charge in [-0.3, -0.25) is 0 Å². The van der Waals surface area contributed by atoms with Gasteiger partial charge in [0.2, 0.25) is 30.1 Å². The first-order valence-electron chi connectivity index (χ1n) is 13.3. The molecule has 254 valence electrons. The average Bonchev–Trinajstić information content (AvgIpc) is 2.97. The number of amides is 2. The van der Waals surface area contributed by atoms with E-state index in [0.29, 0.717) is 10.7 Å². The van der Waals surface area contributed by atoms with Crippen molar-refractivity contribution in [3.63, 3.8) is 0 Å². The molecule has 0 aliphatic carbocycles. The molecule has 0 saturated carbocycles. The molecule has 0 atom stereocenters. The third-order valence-electron chi connectivity index (χ3n) is 6.28. The minimum absolute atomic E-state index is 0.0199. The van der Waals surface area contributed by atoms with E-state index in [-0.39, 0.29) is 31.4 Å². The highest BCUT2D eigenvalue weighted by Gasteiger charge is 2.23. The highest BCUT2D eigenvalue weighted by molar-refractivity contribution is 7.91. The van der Waals surface area contributed by atoms with E-state index in [9.17, 15) is 38.5 Å². The minimum atomic E-state index is -4.33. The monoisotopic (exact) mass is 737 g/mol. The molecule has 0 heterocycles. The van der Waals surface area contributed by atoms with Crippen LogP contribution in [0.4, 0.5) is 10.5 Å². The van der Waals surface area contributed by atoms with Crippen LogP contribution in [0.25, 0.3) is 0 Å². The van der Waals surface area contributed by atoms with Crippen molar-refractivity contribution < 1.29 is 38.5 Å². The summed E-state index contributed by atoms with van der Waals surface area (Å²) in [6.07, 6.45) is 0. The van der Waals surface area contributed by atoms with E-state index >= 15 is 0 Å². The summed E-state index contributed by atoms with van der Waals surface area (Å²) in [7, 11) is -13.3. The van der Waals surface area contributed by atoms with E-state index in [1.54, 1.807) is 12.1 Å². The molecule has 3 rings (SSSR count). The molecule has 2 amide bonds. The van der Waals surface area contributed by atoms with Gasteiger partial charge < -0.3 is 5.32 Å². The van der Waals surface area contributed by atoms with Gasteiger partial charge in [-0.1, -0.05) is 51.4 Å². The van der Waals surface area contributed by atoms with Crippen LogP contribution in [0, 0.1) is 0 Å². The van der Waals surface area contributed by atoms with Crippen molar-refractivity contribution >= 4 is 63.4 Å². The number of nitrogens with one attached hydrogen (secondary N) is 4. The Morgan fingerprint density at radius 3 is 1.39 bits per heavy atom. The lowest BCUT2D eigenvalue weighted by Crippen LogP contribution is -2.35. The first kappa shape index (κ1) is 39.1. The standard InChI is InChI=1S/C20H26ClN3O5S2.C7H10N2O4S2/c1-12(2)17-9-14(21)10-18(13(3)4)19(17)23-20(25)24-31(28,29)16-8-6-7-15(11-16)30(26,27)22-5;1-9-15(12,13)7-4-2-3-6(5-7)14(8,10)11/h6-13,22H,1-5H3,(H2,23,24,25);2-5,9H,1H3,(H2,8,10,11). The molecule has 0 aliphatic heterocycles. The third-order valence-corrected chi connectivity index (χ3v) is 11.6. The van der Waals surface area contributed by atoms with Gasteiger partial charge in [0, 0.05) is 10.7 Å². The maximum Gasteiger partial charge on any atom is 0.333 e. The molecule has 0 bridgehead atoms. The van der Waals surface area contributed by atoms with Gasteiger partial charge >= 0.3 is 6.03 Å². The van der Waals surface area contributed by atoms with E-state index in [2.05, 4.69) is 14.8 Å². The number of rotatable bonds is 10. The molecule has 0 saturated heterocycles. The van der Waals surface area contributed by atoms with E-state index in [4.69, 9.17) is 16.7 Å². The lowest BCUT2D eigenvalue weighted by atomic mass is 9.92. The number of primary sulfonamides is 1. The Labute approximate surface area is 275 Å². The van der Waals surface area contributed by atoms with Crippen LogP contribution in [0.5, 0.6) is 0 Å². The second-order valence-corrected chi connectivity index (χ2v) is 17.7. The third kappa shape index (κ3) is 10.2. The van der Waals surface area contributed by atoms with Crippen molar-refractivity contribution in [3.8, 4) is 0 Å². The maximum atomic E-state index is 12.7.